The molecular weight excluding hydrogens is 690 g/mol. The van der Waals surface area contributed by atoms with Crippen LogP contribution in [0.25, 0.3) is 11.3 Å². The minimum Gasteiger partial charge on any atom is -0.492 e. The van der Waals surface area contributed by atoms with Crippen LogP contribution in [0.5, 0.6) is 11.5 Å². The van der Waals surface area contributed by atoms with E-state index >= 15 is 0 Å². The Kier molecular flexibility index (Phi) is 10.5. The normalized spacial score (nSPS) is 18.9. The summed E-state index contributed by atoms with van der Waals surface area (Å²) in [4.78, 5) is 18.2. The van der Waals surface area contributed by atoms with Crippen molar-refractivity contribution in [2.24, 2.45) is 0 Å². The molecule has 1 fully saturated rings. The van der Waals surface area contributed by atoms with E-state index in [1.54, 1.807) is 10.7 Å². The molecule has 0 bridgehead atoms. The Bertz CT molecular complexity index is 2070. The minimum atomic E-state index is -0.326. The smallest absolute Gasteiger partial charge is 0.320 e. The van der Waals surface area contributed by atoms with Gasteiger partial charge in [0, 0.05) is 41.7 Å². The second-order valence-corrected chi connectivity index (χ2v) is 15.9. The van der Waals surface area contributed by atoms with Crippen molar-refractivity contribution >= 4 is 35.0 Å². The van der Waals surface area contributed by atoms with Crippen molar-refractivity contribution in [3.8, 4) is 17.2 Å². The topological polar surface area (TPSA) is 114 Å². The first kappa shape index (κ1) is 36.5. The Morgan fingerprint density at radius 1 is 0.981 bits per heavy atom. The summed E-state index contributed by atoms with van der Waals surface area (Å²) in [5.74, 6) is 2.77. The standard InChI is InChI=1S/C40H50ClN9O3/c1-26-11-9-10-18-48(26)39-45-44-36-17-14-29(25-49(36)39)53-34-16-15-33(31-12-7-8-13-32(31)34)42-38(51)43-37-24-35(40(2,3)4)46-50(37)28-21-27(41)22-30(23-28)52-20-19-47(5)6/h7-8,12-14,17,21-26,33-34H,9-11,15-16,18-20H2,1-6H3,(H2,42,43,51)/t26-,33-,34+/m0/s1. The number of urea groups is 1. The molecule has 13 heteroatoms. The zero-order chi connectivity index (χ0) is 37.3. The van der Waals surface area contributed by atoms with Gasteiger partial charge in [-0.2, -0.15) is 5.10 Å². The highest BCUT2D eigenvalue weighted by Crippen LogP contribution is 2.39. The van der Waals surface area contributed by atoms with Gasteiger partial charge in [-0.05, 0) is 88.5 Å². The van der Waals surface area contributed by atoms with E-state index in [1.807, 2.05) is 67.2 Å². The number of rotatable bonds is 10. The summed E-state index contributed by atoms with van der Waals surface area (Å²) in [6.45, 7) is 10.8. The van der Waals surface area contributed by atoms with E-state index in [2.05, 4.69) is 70.5 Å². The average molecular weight is 740 g/mol. The van der Waals surface area contributed by atoms with Gasteiger partial charge in [0.25, 0.3) is 0 Å². The van der Waals surface area contributed by atoms with Crippen molar-refractivity contribution in [2.45, 2.75) is 83.4 Å². The van der Waals surface area contributed by atoms with Crippen molar-refractivity contribution in [2.75, 3.05) is 44.0 Å². The number of hydrogen-bond donors (Lipinski definition) is 2. The molecule has 2 amide bonds. The van der Waals surface area contributed by atoms with E-state index < -0.39 is 0 Å². The summed E-state index contributed by atoms with van der Waals surface area (Å²) in [5.41, 5.74) is 4.14. The van der Waals surface area contributed by atoms with Gasteiger partial charge in [0.15, 0.2) is 5.65 Å². The van der Waals surface area contributed by atoms with E-state index in [0.29, 0.717) is 41.3 Å². The maximum absolute atomic E-state index is 13.8. The number of aromatic nitrogens is 5. The number of carbonyl (C=O) groups is 1. The Morgan fingerprint density at radius 2 is 1.79 bits per heavy atom. The van der Waals surface area contributed by atoms with Crippen molar-refractivity contribution in [3.63, 3.8) is 0 Å². The Hall–Kier alpha value is -4.81. The molecule has 1 aliphatic heterocycles. The molecule has 3 atom stereocenters. The maximum Gasteiger partial charge on any atom is 0.320 e. The molecule has 0 unspecified atom stereocenters. The van der Waals surface area contributed by atoms with Crippen LogP contribution >= 0.6 is 11.6 Å². The number of nitrogens with zero attached hydrogens (tertiary/aromatic N) is 7. The number of amides is 2. The summed E-state index contributed by atoms with van der Waals surface area (Å²) < 4.78 is 16.4. The molecule has 53 heavy (non-hydrogen) atoms. The molecule has 280 valence electrons. The van der Waals surface area contributed by atoms with E-state index in [1.165, 1.54) is 6.42 Å². The van der Waals surface area contributed by atoms with Crippen LogP contribution in [0.3, 0.4) is 0 Å². The molecule has 2 aliphatic rings. The molecule has 1 saturated heterocycles. The van der Waals surface area contributed by atoms with Crippen LogP contribution in [0.4, 0.5) is 16.6 Å². The second-order valence-electron chi connectivity index (χ2n) is 15.5. The average Bonchev–Trinajstić information content (AvgIpc) is 3.74. The van der Waals surface area contributed by atoms with Crippen LogP contribution in [0.15, 0.2) is 66.9 Å². The number of nitrogens with one attached hydrogen (secondary N) is 2. The van der Waals surface area contributed by atoms with E-state index in [0.717, 1.165) is 66.5 Å². The molecule has 0 spiro atoms. The number of likely N-dealkylation sites (N-methyl/N-ethyl adjacent to an activating group) is 1. The third-order valence-corrected chi connectivity index (χ3v) is 10.3. The predicted octanol–water partition coefficient (Wildman–Crippen LogP) is 7.96. The predicted molar refractivity (Wildman–Crippen MR) is 209 cm³/mol. The third-order valence-electron chi connectivity index (χ3n) is 10.1. The molecule has 2 aromatic carbocycles. The quantitative estimate of drug-likeness (QED) is 0.148. The number of ether oxygens (including phenoxy) is 2. The number of hydrogen-bond acceptors (Lipinski definition) is 8. The van der Waals surface area contributed by atoms with Gasteiger partial charge in [-0.15, -0.1) is 10.2 Å². The number of piperidine rings is 1. The molecule has 2 N–H and O–H groups in total. The molecule has 4 heterocycles. The van der Waals surface area contributed by atoms with Crippen LogP contribution in [0.2, 0.25) is 5.02 Å². The van der Waals surface area contributed by atoms with Crippen molar-refractivity contribution < 1.29 is 14.3 Å². The van der Waals surface area contributed by atoms with Crippen LogP contribution in [0, 0.1) is 0 Å². The fourth-order valence-electron chi connectivity index (χ4n) is 7.15. The first-order valence-electron chi connectivity index (χ1n) is 18.6. The number of halogens is 1. The van der Waals surface area contributed by atoms with Crippen molar-refractivity contribution in [3.05, 3.63) is 88.7 Å². The number of benzene rings is 2. The molecule has 7 rings (SSSR count). The SMILES string of the molecule is C[C@H]1CCCCN1c1nnc2ccc(O[C@@H]3CC[C@H](NC(=O)Nc4cc(C(C)(C)C)nn4-c4cc(Cl)cc(OCCN(C)C)c4)c4ccccc43)cn12. The van der Waals surface area contributed by atoms with Crippen LogP contribution < -0.4 is 25.0 Å². The highest BCUT2D eigenvalue weighted by atomic mass is 35.5. The third kappa shape index (κ3) is 8.23. The van der Waals surface area contributed by atoms with Gasteiger partial charge >= 0.3 is 6.03 Å². The van der Waals surface area contributed by atoms with Crippen LogP contribution in [-0.4, -0.2) is 75.1 Å². The lowest BCUT2D eigenvalue weighted by Gasteiger charge is -2.33. The van der Waals surface area contributed by atoms with Gasteiger partial charge in [-0.1, -0.05) is 56.6 Å². The lowest BCUT2D eigenvalue weighted by molar-refractivity contribution is 0.171. The molecule has 3 aromatic heterocycles. The van der Waals surface area contributed by atoms with Crippen molar-refractivity contribution in [1.82, 2.24) is 34.6 Å². The molecule has 0 radical (unpaired) electrons. The van der Waals surface area contributed by atoms with Gasteiger partial charge in [-0.25, -0.2) is 9.48 Å². The van der Waals surface area contributed by atoms with E-state index in [9.17, 15) is 4.79 Å². The largest absolute Gasteiger partial charge is 0.492 e. The summed E-state index contributed by atoms with van der Waals surface area (Å²) in [6, 6.07) is 19.4. The van der Waals surface area contributed by atoms with Gasteiger partial charge in [0.05, 0.1) is 23.6 Å². The minimum absolute atomic E-state index is 0.175. The monoisotopic (exact) mass is 739 g/mol. The summed E-state index contributed by atoms with van der Waals surface area (Å²) in [7, 11) is 4.00. The molecule has 0 saturated carbocycles. The number of fused-ring (bicyclic) bond motifs is 2. The van der Waals surface area contributed by atoms with Crippen LogP contribution in [0.1, 0.15) is 88.8 Å². The summed E-state index contributed by atoms with van der Waals surface area (Å²) in [5, 5.41) is 20.7. The fraction of sp³-hybridized carbons (Fsp3) is 0.450. The number of pyridine rings is 1. The Balaban J connectivity index is 1.08. The molecule has 5 aromatic rings. The fourth-order valence-corrected chi connectivity index (χ4v) is 7.37. The number of carbonyl (C=O) groups excluding carboxylic acids is 1. The lowest BCUT2D eigenvalue weighted by atomic mass is 9.85. The first-order chi connectivity index (χ1) is 25.4. The van der Waals surface area contributed by atoms with E-state index in [-0.39, 0.29) is 23.6 Å². The number of anilines is 2. The van der Waals surface area contributed by atoms with Crippen LogP contribution in [-0.2, 0) is 5.41 Å². The van der Waals surface area contributed by atoms with Gasteiger partial charge < -0.3 is 24.6 Å². The summed E-state index contributed by atoms with van der Waals surface area (Å²) in [6.07, 6.45) is 6.79. The first-order valence-corrected chi connectivity index (χ1v) is 18.9. The zero-order valence-electron chi connectivity index (χ0n) is 31.5. The van der Waals surface area contributed by atoms with Gasteiger partial charge in [-0.3, -0.25) is 9.72 Å². The van der Waals surface area contributed by atoms with E-state index in [4.69, 9.17) is 26.2 Å². The Labute approximate surface area is 316 Å². The summed E-state index contributed by atoms with van der Waals surface area (Å²) >= 11 is 6.55. The Morgan fingerprint density at radius 3 is 2.57 bits per heavy atom. The molecular formula is C40H50ClN9O3. The lowest BCUT2D eigenvalue weighted by Crippen LogP contribution is -2.38. The molecule has 12 nitrogen and oxygen atoms in total. The highest BCUT2D eigenvalue weighted by molar-refractivity contribution is 6.30. The van der Waals surface area contributed by atoms with Gasteiger partial charge in [0.2, 0.25) is 5.95 Å². The second kappa shape index (κ2) is 15.3. The zero-order valence-corrected chi connectivity index (χ0v) is 32.2. The van der Waals surface area contributed by atoms with Crippen molar-refractivity contribution in [1.29, 1.82) is 0 Å². The van der Waals surface area contributed by atoms with Gasteiger partial charge in [0.1, 0.15) is 30.0 Å². The maximum atomic E-state index is 13.8. The molecule has 1 aliphatic carbocycles. The highest BCUT2D eigenvalue weighted by Gasteiger charge is 2.31.